The number of thioether (sulfide) groups is 1. The highest BCUT2D eigenvalue weighted by atomic mass is 32.2. The van der Waals surface area contributed by atoms with Gasteiger partial charge in [-0.2, -0.15) is 0 Å². The van der Waals surface area contributed by atoms with Crippen LogP contribution >= 0.6 is 11.8 Å². The van der Waals surface area contributed by atoms with Gasteiger partial charge in [0.1, 0.15) is 5.25 Å². The molecule has 0 bridgehead atoms. The summed E-state index contributed by atoms with van der Waals surface area (Å²) < 4.78 is 0. The van der Waals surface area contributed by atoms with E-state index in [1.165, 1.54) is 11.8 Å². The van der Waals surface area contributed by atoms with Gasteiger partial charge >= 0.3 is 5.97 Å². The van der Waals surface area contributed by atoms with Gasteiger partial charge in [0.15, 0.2) is 0 Å². The van der Waals surface area contributed by atoms with Gasteiger partial charge in [-0.1, -0.05) is 0 Å². The lowest BCUT2D eigenvalue weighted by molar-refractivity contribution is -0.136. The standard InChI is InChI=1S/C5H9NO2S/c7-5(8)4-1-2-6-3-9-4/h4,6H,1-3H2,(H,7,8). The van der Waals surface area contributed by atoms with E-state index in [1.807, 2.05) is 0 Å². The molecule has 1 fully saturated rings. The van der Waals surface area contributed by atoms with Crippen molar-refractivity contribution in [2.45, 2.75) is 11.7 Å². The number of hydrogen-bond acceptors (Lipinski definition) is 3. The second-order valence-electron chi connectivity index (χ2n) is 1.93. The van der Waals surface area contributed by atoms with Crippen molar-refractivity contribution in [1.29, 1.82) is 0 Å². The van der Waals surface area contributed by atoms with E-state index in [1.54, 1.807) is 0 Å². The van der Waals surface area contributed by atoms with E-state index >= 15 is 0 Å². The molecule has 1 aliphatic rings. The Morgan fingerprint density at radius 2 is 2.56 bits per heavy atom. The van der Waals surface area contributed by atoms with E-state index in [0.29, 0.717) is 0 Å². The molecule has 0 spiro atoms. The Hall–Kier alpha value is -0.220. The Bertz CT molecular complexity index is 112. The molecule has 1 saturated heterocycles. The third-order valence-corrected chi connectivity index (χ3v) is 2.46. The molecular formula is C5H9NO2S. The first-order valence-corrected chi connectivity index (χ1v) is 3.90. The van der Waals surface area contributed by atoms with Crippen molar-refractivity contribution in [3.05, 3.63) is 0 Å². The highest BCUT2D eigenvalue weighted by Crippen LogP contribution is 2.16. The van der Waals surface area contributed by atoms with Crippen molar-refractivity contribution in [3.8, 4) is 0 Å². The first-order chi connectivity index (χ1) is 4.30. The van der Waals surface area contributed by atoms with Gasteiger partial charge in [-0.25, -0.2) is 0 Å². The van der Waals surface area contributed by atoms with Crippen molar-refractivity contribution >= 4 is 17.7 Å². The van der Waals surface area contributed by atoms with Crippen LogP contribution < -0.4 is 5.32 Å². The maximum atomic E-state index is 10.3. The van der Waals surface area contributed by atoms with Gasteiger partial charge < -0.3 is 10.4 Å². The van der Waals surface area contributed by atoms with Crippen LogP contribution in [0, 0.1) is 0 Å². The highest BCUT2D eigenvalue weighted by Gasteiger charge is 2.19. The monoisotopic (exact) mass is 147 g/mol. The Balaban J connectivity index is 2.31. The van der Waals surface area contributed by atoms with Crippen molar-refractivity contribution in [2.75, 3.05) is 12.4 Å². The van der Waals surface area contributed by atoms with Crippen molar-refractivity contribution in [3.63, 3.8) is 0 Å². The fraction of sp³-hybridized carbons (Fsp3) is 0.800. The van der Waals surface area contributed by atoms with E-state index in [4.69, 9.17) is 5.11 Å². The zero-order chi connectivity index (χ0) is 6.69. The molecule has 1 heterocycles. The molecule has 0 aromatic heterocycles. The molecule has 1 rings (SSSR count). The second kappa shape index (κ2) is 3.08. The summed E-state index contributed by atoms with van der Waals surface area (Å²) in [7, 11) is 0. The van der Waals surface area contributed by atoms with Crippen LogP contribution in [0.5, 0.6) is 0 Å². The Kier molecular flexibility index (Phi) is 2.36. The second-order valence-corrected chi connectivity index (χ2v) is 3.12. The lowest BCUT2D eigenvalue weighted by Crippen LogP contribution is -2.31. The zero-order valence-electron chi connectivity index (χ0n) is 4.96. The highest BCUT2D eigenvalue weighted by molar-refractivity contribution is 8.00. The number of aliphatic carboxylic acids is 1. The Morgan fingerprint density at radius 3 is 2.89 bits per heavy atom. The minimum absolute atomic E-state index is 0.175. The fourth-order valence-corrected chi connectivity index (χ4v) is 1.63. The van der Waals surface area contributed by atoms with Crippen molar-refractivity contribution in [2.24, 2.45) is 0 Å². The summed E-state index contributed by atoms with van der Waals surface area (Å²) in [6, 6.07) is 0. The van der Waals surface area contributed by atoms with Crippen LogP contribution in [0.15, 0.2) is 0 Å². The maximum absolute atomic E-state index is 10.3. The maximum Gasteiger partial charge on any atom is 0.316 e. The summed E-state index contributed by atoms with van der Waals surface area (Å²) in [5.74, 6) is 0.0956. The van der Waals surface area contributed by atoms with Crippen molar-refractivity contribution < 1.29 is 9.90 Å². The number of rotatable bonds is 1. The molecule has 0 amide bonds. The van der Waals surface area contributed by atoms with E-state index in [-0.39, 0.29) is 5.25 Å². The molecule has 9 heavy (non-hydrogen) atoms. The molecular weight excluding hydrogens is 138 g/mol. The van der Waals surface area contributed by atoms with E-state index in [2.05, 4.69) is 5.32 Å². The topological polar surface area (TPSA) is 49.3 Å². The lowest BCUT2D eigenvalue weighted by atomic mass is 10.3. The molecule has 0 aromatic carbocycles. The minimum atomic E-state index is -0.679. The number of nitrogens with one attached hydrogen (secondary N) is 1. The molecule has 3 nitrogen and oxygen atoms in total. The van der Waals surface area contributed by atoms with Crippen LogP contribution in [-0.2, 0) is 4.79 Å². The quantitative estimate of drug-likeness (QED) is 0.553. The average molecular weight is 147 g/mol. The van der Waals surface area contributed by atoms with Gasteiger partial charge in [-0.05, 0) is 13.0 Å². The van der Waals surface area contributed by atoms with Gasteiger partial charge in [0.05, 0.1) is 0 Å². The summed E-state index contributed by atoms with van der Waals surface area (Å²) in [6.45, 7) is 0.837. The average Bonchev–Trinajstić information content (AvgIpc) is 1.90. The molecule has 0 aromatic rings. The molecule has 0 aliphatic carbocycles. The predicted molar refractivity (Wildman–Crippen MR) is 36.5 cm³/mol. The molecule has 0 radical (unpaired) electrons. The molecule has 2 N–H and O–H groups in total. The predicted octanol–water partition coefficient (Wildman–Crippen LogP) is 0.124. The smallest absolute Gasteiger partial charge is 0.316 e. The van der Waals surface area contributed by atoms with Gasteiger partial charge in [-0.15, -0.1) is 11.8 Å². The molecule has 1 aliphatic heterocycles. The number of carboxylic acids is 1. The zero-order valence-corrected chi connectivity index (χ0v) is 5.78. The minimum Gasteiger partial charge on any atom is -0.480 e. The third kappa shape index (κ3) is 1.87. The summed E-state index contributed by atoms with van der Waals surface area (Å²) in [6.07, 6.45) is 0.750. The van der Waals surface area contributed by atoms with Crippen LogP contribution in [0.25, 0.3) is 0 Å². The first-order valence-electron chi connectivity index (χ1n) is 2.86. The van der Waals surface area contributed by atoms with Gasteiger partial charge in [-0.3, -0.25) is 4.79 Å². The molecule has 52 valence electrons. The number of carbonyl (C=O) groups is 1. The SMILES string of the molecule is O=C(O)C1CCNCS1. The van der Waals surface area contributed by atoms with E-state index in [0.717, 1.165) is 18.8 Å². The molecule has 0 saturated carbocycles. The van der Waals surface area contributed by atoms with Crippen LogP contribution in [0.1, 0.15) is 6.42 Å². The summed E-state index contributed by atoms with van der Waals surface area (Å²) in [5.41, 5.74) is 0. The number of carboxylic acid groups (broad SMARTS) is 1. The first kappa shape index (κ1) is 6.89. The molecule has 1 atom stereocenters. The normalized spacial score (nSPS) is 27.8. The Labute approximate surface area is 57.8 Å². The van der Waals surface area contributed by atoms with Gasteiger partial charge in [0, 0.05) is 5.88 Å². The molecule has 4 heteroatoms. The summed E-state index contributed by atoms with van der Waals surface area (Å²) in [4.78, 5) is 10.3. The molecule has 1 unspecified atom stereocenters. The van der Waals surface area contributed by atoms with Gasteiger partial charge in [0.2, 0.25) is 0 Å². The van der Waals surface area contributed by atoms with Crippen LogP contribution in [0.2, 0.25) is 0 Å². The van der Waals surface area contributed by atoms with E-state index < -0.39 is 5.97 Å². The van der Waals surface area contributed by atoms with Crippen LogP contribution in [0.3, 0.4) is 0 Å². The van der Waals surface area contributed by atoms with Gasteiger partial charge in [0.25, 0.3) is 0 Å². The largest absolute Gasteiger partial charge is 0.480 e. The number of hydrogen-bond donors (Lipinski definition) is 2. The fourth-order valence-electron chi connectivity index (χ4n) is 0.743. The Morgan fingerprint density at radius 1 is 1.78 bits per heavy atom. The lowest BCUT2D eigenvalue weighted by Gasteiger charge is -2.17. The van der Waals surface area contributed by atoms with Crippen LogP contribution in [-0.4, -0.2) is 28.7 Å². The van der Waals surface area contributed by atoms with Crippen molar-refractivity contribution in [1.82, 2.24) is 5.32 Å². The summed E-state index contributed by atoms with van der Waals surface area (Å²) >= 11 is 1.46. The third-order valence-electron chi connectivity index (χ3n) is 1.25. The summed E-state index contributed by atoms with van der Waals surface area (Å²) in [5, 5.41) is 11.4. The van der Waals surface area contributed by atoms with Crippen LogP contribution in [0.4, 0.5) is 0 Å². The van der Waals surface area contributed by atoms with E-state index in [9.17, 15) is 4.79 Å².